The van der Waals surface area contributed by atoms with Crippen LogP contribution in [0.2, 0.25) is 0 Å². The SMILES string of the molecule is CNC(=O)CNC1CCCCC1SC. The second-order valence-electron chi connectivity index (χ2n) is 3.72. The van der Waals surface area contributed by atoms with Gasteiger partial charge in [-0.15, -0.1) is 0 Å². The van der Waals surface area contributed by atoms with Crippen LogP contribution >= 0.6 is 11.8 Å². The molecular weight excluding hydrogens is 196 g/mol. The average Bonchev–Trinajstić information content (AvgIpc) is 2.26. The second-order valence-corrected chi connectivity index (χ2v) is 4.80. The van der Waals surface area contributed by atoms with Crippen LogP contribution in [0.4, 0.5) is 0 Å². The maximum atomic E-state index is 11.1. The summed E-state index contributed by atoms with van der Waals surface area (Å²) in [4.78, 5) is 11.1. The van der Waals surface area contributed by atoms with Gasteiger partial charge in [-0.05, 0) is 19.1 Å². The van der Waals surface area contributed by atoms with E-state index in [1.54, 1.807) is 7.05 Å². The van der Waals surface area contributed by atoms with E-state index in [1.165, 1.54) is 25.7 Å². The zero-order valence-electron chi connectivity index (χ0n) is 9.01. The number of thioether (sulfide) groups is 1. The largest absolute Gasteiger partial charge is 0.358 e. The molecule has 3 nitrogen and oxygen atoms in total. The molecular formula is C10H20N2OS. The van der Waals surface area contributed by atoms with Crippen LogP contribution in [0, 0.1) is 0 Å². The average molecular weight is 216 g/mol. The molecule has 0 aromatic carbocycles. The number of amides is 1. The first-order chi connectivity index (χ1) is 6.77. The fraction of sp³-hybridized carbons (Fsp3) is 0.900. The Balaban J connectivity index is 2.29. The maximum Gasteiger partial charge on any atom is 0.233 e. The Morgan fingerprint density at radius 1 is 1.43 bits per heavy atom. The molecule has 1 fully saturated rings. The number of hydrogen-bond donors (Lipinski definition) is 2. The third-order valence-electron chi connectivity index (χ3n) is 2.81. The van der Waals surface area contributed by atoms with Crippen molar-refractivity contribution in [1.29, 1.82) is 0 Å². The molecule has 1 aliphatic carbocycles. The van der Waals surface area contributed by atoms with E-state index in [0.29, 0.717) is 17.8 Å². The maximum absolute atomic E-state index is 11.1. The van der Waals surface area contributed by atoms with Crippen molar-refractivity contribution in [2.75, 3.05) is 19.8 Å². The summed E-state index contributed by atoms with van der Waals surface area (Å²) in [5.74, 6) is 0.0791. The second kappa shape index (κ2) is 6.30. The van der Waals surface area contributed by atoms with E-state index in [4.69, 9.17) is 0 Å². The summed E-state index contributed by atoms with van der Waals surface area (Å²) in [6, 6.07) is 0.524. The van der Waals surface area contributed by atoms with Crippen LogP contribution in [0.3, 0.4) is 0 Å². The van der Waals surface area contributed by atoms with Crippen molar-refractivity contribution in [1.82, 2.24) is 10.6 Å². The van der Waals surface area contributed by atoms with Gasteiger partial charge in [0.05, 0.1) is 6.54 Å². The molecule has 0 aromatic heterocycles. The highest BCUT2D eigenvalue weighted by Gasteiger charge is 2.23. The lowest BCUT2D eigenvalue weighted by molar-refractivity contribution is -0.119. The number of rotatable bonds is 4. The minimum absolute atomic E-state index is 0.0791. The molecule has 14 heavy (non-hydrogen) atoms. The van der Waals surface area contributed by atoms with Gasteiger partial charge in [-0.25, -0.2) is 0 Å². The van der Waals surface area contributed by atoms with Crippen LogP contribution in [-0.4, -0.2) is 37.0 Å². The topological polar surface area (TPSA) is 41.1 Å². The van der Waals surface area contributed by atoms with Gasteiger partial charge in [0.1, 0.15) is 0 Å². The summed E-state index contributed by atoms with van der Waals surface area (Å²) in [6.45, 7) is 0.457. The highest BCUT2D eigenvalue weighted by molar-refractivity contribution is 7.99. The van der Waals surface area contributed by atoms with Crippen molar-refractivity contribution >= 4 is 17.7 Å². The van der Waals surface area contributed by atoms with Crippen molar-refractivity contribution in [2.24, 2.45) is 0 Å². The molecule has 1 amide bonds. The Bertz CT molecular complexity index is 187. The van der Waals surface area contributed by atoms with Crippen LogP contribution in [-0.2, 0) is 4.79 Å². The van der Waals surface area contributed by atoms with Gasteiger partial charge in [0.2, 0.25) is 5.91 Å². The fourth-order valence-corrected chi connectivity index (χ4v) is 2.89. The Hall–Kier alpha value is -0.220. The standard InChI is InChI=1S/C10H20N2OS/c1-11-10(13)7-12-8-5-3-4-6-9(8)14-2/h8-9,12H,3-7H2,1-2H3,(H,11,13). The lowest BCUT2D eigenvalue weighted by atomic mass is 9.95. The first-order valence-corrected chi connectivity index (χ1v) is 6.53. The molecule has 0 bridgehead atoms. The number of carbonyl (C=O) groups excluding carboxylic acids is 1. The molecule has 2 atom stereocenters. The lowest BCUT2D eigenvalue weighted by Gasteiger charge is -2.30. The summed E-state index contributed by atoms with van der Waals surface area (Å²) < 4.78 is 0. The summed E-state index contributed by atoms with van der Waals surface area (Å²) in [7, 11) is 1.68. The Morgan fingerprint density at radius 3 is 2.79 bits per heavy atom. The van der Waals surface area contributed by atoms with Crippen LogP contribution < -0.4 is 10.6 Å². The van der Waals surface area contributed by atoms with Crippen molar-refractivity contribution < 1.29 is 4.79 Å². The molecule has 0 heterocycles. The molecule has 1 aliphatic rings. The highest BCUT2D eigenvalue weighted by Crippen LogP contribution is 2.26. The first kappa shape index (κ1) is 11.9. The molecule has 1 saturated carbocycles. The van der Waals surface area contributed by atoms with E-state index in [-0.39, 0.29) is 5.91 Å². The first-order valence-electron chi connectivity index (χ1n) is 5.24. The van der Waals surface area contributed by atoms with E-state index in [9.17, 15) is 4.79 Å². The smallest absolute Gasteiger partial charge is 0.233 e. The predicted molar refractivity (Wildman–Crippen MR) is 61.6 cm³/mol. The molecule has 82 valence electrons. The van der Waals surface area contributed by atoms with Crippen molar-refractivity contribution in [3.05, 3.63) is 0 Å². The Labute approximate surface area is 90.4 Å². The Morgan fingerprint density at radius 2 is 2.14 bits per heavy atom. The van der Waals surface area contributed by atoms with Gasteiger partial charge >= 0.3 is 0 Å². The summed E-state index contributed by atoms with van der Waals surface area (Å²) in [5, 5.41) is 6.66. The molecule has 0 aromatic rings. The van der Waals surface area contributed by atoms with Crippen molar-refractivity contribution in [3.63, 3.8) is 0 Å². The van der Waals surface area contributed by atoms with Gasteiger partial charge in [-0.2, -0.15) is 11.8 Å². The van der Waals surface area contributed by atoms with Gasteiger partial charge in [0, 0.05) is 18.3 Å². The normalized spacial score (nSPS) is 27.3. The number of hydrogen-bond acceptors (Lipinski definition) is 3. The molecule has 0 saturated heterocycles. The minimum atomic E-state index is 0.0791. The van der Waals surface area contributed by atoms with Gasteiger partial charge < -0.3 is 10.6 Å². The predicted octanol–water partition coefficient (Wildman–Crippen LogP) is 0.996. The quantitative estimate of drug-likeness (QED) is 0.736. The number of carbonyl (C=O) groups is 1. The lowest BCUT2D eigenvalue weighted by Crippen LogP contribution is -2.44. The van der Waals surface area contributed by atoms with E-state index in [1.807, 2.05) is 11.8 Å². The third kappa shape index (κ3) is 3.50. The van der Waals surface area contributed by atoms with Gasteiger partial charge in [-0.3, -0.25) is 4.79 Å². The Kier molecular flexibility index (Phi) is 5.33. The van der Waals surface area contributed by atoms with Gasteiger partial charge in [-0.1, -0.05) is 12.8 Å². The van der Waals surface area contributed by atoms with E-state index >= 15 is 0 Å². The highest BCUT2D eigenvalue weighted by atomic mass is 32.2. The van der Waals surface area contributed by atoms with Crippen molar-refractivity contribution in [3.8, 4) is 0 Å². The van der Waals surface area contributed by atoms with Crippen molar-refractivity contribution in [2.45, 2.75) is 37.0 Å². The molecule has 0 spiro atoms. The van der Waals surface area contributed by atoms with Crippen LogP contribution in [0.5, 0.6) is 0 Å². The number of likely N-dealkylation sites (N-methyl/N-ethyl adjacent to an activating group) is 1. The minimum Gasteiger partial charge on any atom is -0.358 e. The van der Waals surface area contributed by atoms with Crippen LogP contribution in [0.1, 0.15) is 25.7 Å². The third-order valence-corrected chi connectivity index (χ3v) is 3.98. The summed E-state index contributed by atoms with van der Waals surface area (Å²) in [6.07, 6.45) is 7.28. The number of nitrogens with one attached hydrogen (secondary N) is 2. The molecule has 2 unspecified atom stereocenters. The molecule has 0 radical (unpaired) electrons. The van der Waals surface area contributed by atoms with Gasteiger partial charge in [0.15, 0.2) is 0 Å². The zero-order chi connectivity index (χ0) is 10.4. The summed E-state index contributed by atoms with van der Waals surface area (Å²) in [5.41, 5.74) is 0. The summed E-state index contributed by atoms with van der Waals surface area (Å²) >= 11 is 1.92. The zero-order valence-corrected chi connectivity index (χ0v) is 9.82. The molecule has 0 aliphatic heterocycles. The monoisotopic (exact) mass is 216 g/mol. The van der Waals surface area contributed by atoms with Crippen LogP contribution in [0.15, 0.2) is 0 Å². The molecule has 1 rings (SSSR count). The van der Waals surface area contributed by atoms with Crippen LogP contribution in [0.25, 0.3) is 0 Å². The molecule has 2 N–H and O–H groups in total. The fourth-order valence-electron chi connectivity index (χ4n) is 1.92. The van der Waals surface area contributed by atoms with Gasteiger partial charge in [0.25, 0.3) is 0 Å². The van der Waals surface area contributed by atoms with E-state index in [2.05, 4.69) is 16.9 Å². The van der Waals surface area contributed by atoms with E-state index < -0.39 is 0 Å². The molecule has 4 heteroatoms. The van der Waals surface area contributed by atoms with E-state index in [0.717, 1.165) is 0 Å².